The molecule has 8 heteroatoms. The summed E-state index contributed by atoms with van der Waals surface area (Å²) in [5, 5.41) is 7.86. The third-order valence-corrected chi connectivity index (χ3v) is 7.03. The summed E-state index contributed by atoms with van der Waals surface area (Å²) in [6.45, 7) is 5.02. The van der Waals surface area contributed by atoms with Crippen molar-refractivity contribution in [2.75, 3.05) is 24.5 Å². The number of nitrogens with zero attached hydrogens (tertiary/aromatic N) is 4. The van der Waals surface area contributed by atoms with Gasteiger partial charge in [0.1, 0.15) is 11.6 Å². The molecule has 1 fully saturated rings. The van der Waals surface area contributed by atoms with Gasteiger partial charge in [-0.05, 0) is 63.4 Å². The first-order chi connectivity index (χ1) is 15.5. The maximum Gasteiger partial charge on any atom is 0.142 e. The van der Waals surface area contributed by atoms with Gasteiger partial charge in [0.2, 0.25) is 0 Å². The van der Waals surface area contributed by atoms with Crippen LogP contribution in [0.5, 0.6) is 0 Å². The van der Waals surface area contributed by atoms with Crippen LogP contribution in [0.25, 0.3) is 11.1 Å². The topological polar surface area (TPSA) is 46.0 Å². The molecule has 0 bridgehead atoms. The summed E-state index contributed by atoms with van der Waals surface area (Å²) in [6, 6.07) is 2.61. The Morgan fingerprint density at radius 1 is 1.16 bits per heavy atom. The van der Waals surface area contributed by atoms with Gasteiger partial charge in [0.25, 0.3) is 0 Å². The van der Waals surface area contributed by atoms with Crippen LogP contribution in [0.1, 0.15) is 42.1 Å². The number of nitrogens with one attached hydrogen (secondary N) is 1. The number of halogens is 3. The molecule has 0 unspecified atom stereocenters. The van der Waals surface area contributed by atoms with E-state index >= 15 is 0 Å². The average molecular weight is 458 g/mol. The van der Waals surface area contributed by atoms with Crippen LogP contribution in [-0.4, -0.2) is 34.4 Å². The highest BCUT2D eigenvalue weighted by molar-refractivity contribution is 6.31. The van der Waals surface area contributed by atoms with Gasteiger partial charge in [-0.3, -0.25) is 9.67 Å². The fourth-order valence-electron chi connectivity index (χ4n) is 4.90. The van der Waals surface area contributed by atoms with Crippen molar-refractivity contribution >= 4 is 17.3 Å². The maximum absolute atomic E-state index is 14.5. The Labute approximate surface area is 191 Å². The molecule has 4 heterocycles. The lowest BCUT2D eigenvalue weighted by molar-refractivity contribution is 0.343. The first kappa shape index (κ1) is 21.3. The Balaban J connectivity index is 1.49. The van der Waals surface area contributed by atoms with E-state index in [4.69, 9.17) is 16.6 Å². The van der Waals surface area contributed by atoms with Gasteiger partial charge in [0, 0.05) is 42.2 Å². The zero-order chi connectivity index (χ0) is 22.2. The normalized spacial score (nSPS) is 16.9. The number of hydrogen-bond acceptors (Lipinski definition) is 4. The molecule has 1 aromatic carbocycles. The van der Waals surface area contributed by atoms with Crippen molar-refractivity contribution in [1.82, 2.24) is 20.1 Å². The van der Waals surface area contributed by atoms with Gasteiger partial charge in [0.15, 0.2) is 0 Å². The molecule has 1 saturated heterocycles. The minimum absolute atomic E-state index is 0.151. The molecule has 0 amide bonds. The molecule has 32 heavy (non-hydrogen) atoms. The third kappa shape index (κ3) is 3.88. The van der Waals surface area contributed by atoms with Crippen LogP contribution in [0.4, 0.5) is 14.5 Å². The molecule has 5 rings (SSSR count). The lowest BCUT2D eigenvalue weighted by Crippen LogP contribution is -2.31. The third-order valence-electron chi connectivity index (χ3n) is 6.62. The Morgan fingerprint density at radius 3 is 2.75 bits per heavy atom. The molecule has 2 aliphatic rings. The van der Waals surface area contributed by atoms with E-state index in [-0.39, 0.29) is 17.1 Å². The molecule has 0 atom stereocenters. The minimum atomic E-state index is -0.603. The van der Waals surface area contributed by atoms with Crippen molar-refractivity contribution in [2.45, 2.75) is 45.2 Å². The van der Waals surface area contributed by atoms with E-state index in [1.807, 2.05) is 12.4 Å². The van der Waals surface area contributed by atoms with E-state index in [1.165, 1.54) is 0 Å². The highest BCUT2D eigenvalue weighted by Gasteiger charge is 2.25. The van der Waals surface area contributed by atoms with Crippen LogP contribution in [0, 0.1) is 18.6 Å². The predicted octanol–water partition coefficient (Wildman–Crippen LogP) is 5.06. The van der Waals surface area contributed by atoms with Gasteiger partial charge in [-0.25, -0.2) is 8.78 Å². The highest BCUT2D eigenvalue weighted by atomic mass is 35.5. The Kier molecular flexibility index (Phi) is 5.86. The highest BCUT2D eigenvalue weighted by Crippen LogP contribution is 2.37. The molecule has 1 N–H and O–H groups in total. The van der Waals surface area contributed by atoms with Crippen molar-refractivity contribution in [1.29, 1.82) is 0 Å². The number of rotatable bonds is 4. The summed E-state index contributed by atoms with van der Waals surface area (Å²) in [4.78, 5) is 6.82. The van der Waals surface area contributed by atoms with E-state index < -0.39 is 11.6 Å². The second kappa shape index (κ2) is 8.79. The first-order valence-electron chi connectivity index (χ1n) is 11.1. The Bertz CT molecular complexity index is 1140. The number of aryl methyl sites for hydroxylation is 1. The number of benzene rings is 1. The lowest BCUT2D eigenvalue weighted by atomic mass is 9.97. The quantitative estimate of drug-likeness (QED) is 0.556. The van der Waals surface area contributed by atoms with Crippen molar-refractivity contribution in [2.24, 2.45) is 0 Å². The van der Waals surface area contributed by atoms with Gasteiger partial charge < -0.3 is 10.2 Å². The molecular formula is C24H26ClF2N5. The van der Waals surface area contributed by atoms with E-state index in [0.717, 1.165) is 85.5 Å². The molecule has 168 valence electrons. The largest absolute Gasteiger partial charge is 0.365 e. The fraction of sp³-hybridized carbons (Fsp3) is 0.417. The van der Waals surface area contributed by atoms with Crippen LogP contribution in [0.2, 0.25) is 5.02 Å². The van der Waals surface area contributed by atoms with E-state index in [9.17, 15) is 8.78 Å². The summed E-state index contributed by atoms with van der Waals surface area (Å²) >= 11 is 6.12. The number of fused-ring (bicyclic) bond motifs is 1. The van der Waals surface area contributed by atoms with Gasteiger partial charge in [-0.2, -0.15) is 5.10 Å². The summed E-state index contributed by atoms with van der Waals surface area (Å²) in [5.41, 5.74) is 5.27. The summed E-state index contributed by atoms with van der Waals surface area (Å²) in [7, 11) is 0. The molecule has 2 aromatic heterocycles. The summed E-state index contributed by atoms with van der Waals surface area (Å²) in [6.07, 6.45) is 9.81. The van der Waals surface area contributed by atoms with Crippen molar-refractivity contribution in [3.63, 3.8) is 0 Å². The van der Waals surface area contributed by atoms with Crippen LogP contribution in [-0.2, 0) is 13.0 Å². The van der Waals surface area contributed by atoms with Crippen molar-refractivity contribution < 1.29 is 8.78 Å². The summed E-state index contributed by atoms with van der Waals surface area (Å²) < 4.78 is 30.5. The van der Waals surface area contributed by atoms with Crippen molar-refractivity contribution in [3.05, 3.63) is 64.2 Å². The van der Waals surface area contributed by atoms with Crippen LogP contribution >= 0.6 is 11.6 Å². The van der Waals surface area contributed by atoms with Crippen LogP contribution in [0.3, 0.4) is 0 Å². The SMILES string of the molecule is Cc1c(-c2cnn(C3CCNCC3)c2)cnc2c1N(Cc1c(F)ccc(F)c1Cl)CCC2. The Morgan fingerprint density at radius 2 is 1.94 bits per heavy atom. The zero-order valence-corrected chi connectivity index (χ0v) is 18.8. The monoisotopic (exact) mass is 457 g/mol. The second-order valence-electron chi connectivity index (χ2n) is 8.63. The average Bonchev–Trinajstić information content (AvgIpc) is 3.30. The van der Waals surface area contributed by atoms with Crippen molar-refractivity contribution in [3.8, 4) is 11.1 Å². The second-order valence-corrected chi connectivity index (χ2v) is 9.01. The molecule has 0 spiro atoms. The zero-order valence-electron chi connectivity index (χ0n) is 18.0. The van der Waals surface area contributed by atoms with Gasteiger partial charge >= 0.3 is 0 Å². The minimum Gasteiger partial charge on any atom is -0.365 e. The van der Waals surface area contributed by atoms with E-state index in [0.29, 0.717) is 6.04 Å². The number of piperidine rings is 1. The number of anilines is 1. The van der Waals surface area contributed by atoms with Crippen LogP contribution < -0.4 is 10.2 Å². The summed E-state index contributed by atoms with van der Waals surface area (Å²) in [5.74, 6) is -1.09. The fourth-order valence-corrected chi connectivity index (χ4v) is 5.11. The number of pyridine rings is 1. The molecule has 5 nitrogen and oxygen atoms in total. The smallest absolute Gasteiger partial charge is 0.142 e. The molecular weight excluding hydrogens is 432 g/mol. The van der Waals surface area contributed by atoms with E-state index in [1.54, 1.807) is 0 Å². The number of hydrogen-bond donors (Lipinski definition) is 1. The lowest BCUT2D eigenvalue weighted by Gasteiger charge is -2.33. The number of aromatic nitrogens is 3. The van der Waals surface area contributed by atoms with Gasteiger partial charge in [-0.1, -0.05) is 11.6 Å². The Hall–Kier alpha value is -2.51. The molecule has 0 aliphatic carbocycles. The van der Waals surface area contributed by atoms with Crippen LogP contribution in [0.15, 0.2) is 30.7 Å². The first-order valence-corrected chi connectivity index (χ1v) is 11.5. The molecule has 0 saturated carbocycles. The predicted molar refractivity (Wildman–Crippen MR) is 122 cm³/mol. The van der Waals surface area contributed by atoms with E-state index in [2.05, 4.69) is 33.1 Å². The van der Waals surface area contributed by atoms with Gasteiger partial charge in [-0.15, -0.1) is 0 Å². The molecule has 3 aromatic rings. The molecule has 0 radical (unpaired) electrons. The standard InChI is InChI=1S/C24H26ClF2N5/c1-15-18(16-11-30-32(13-16)17-6-8-28-9-7-17)12-29-22-3-2-10-31(24(15)22)14-19-20(26)4-5-21(27)23(19)25/h4-5,11-13,17,28H,2-3,6-10,14H2,1H3. The maximum atomic E-state index is 14.5. The molecule has 2 aliphatic heterocycles. The van der Waals surface area contributed by atoms with Gasteiger partial charge in [0.05, 0.1) is 28.6 Å².